The van der Waals surface area contributed by atoms with Gasteiger partial charge in [0.15, 0.2) is 6.29 Å². The quantitative estimate of drug-likeness (QED) is 0.529. The van der Waals surface area contributed by atoms with E-state index >= 15 is 0 Å². The second-order valence-electron chi connectivity index (χ2n) is 3.51. The van der Waals surface area contributed by atoms with Crippen molar-refractivity contribution in [2.75, 3.05) is 6.61 Å². The molecule has 0 aromatic rings. The van der Waals surface area contributed by atoms with Gasteiger partial charge in [-0.15, -0.1) is 0 Å². The molecule has 0 aromatic carbocycles. The average Bonchev–Trinajstić information content (AvgIpc) is 2.30. The maximum atomic E-state index is 9.63. The van der Waals surface area contributed by atoms with E-state index < -0.39 is 23.9 Å². The van der Waals surface area contributed by atoms with Gasteiger partial charge < -0.3 is 20.1 Å². The normalized spacial score (nSPS) is 48.2. The van der Waals surface area contributed by atoms with Crippen LogP contribution < -0.4 is 0 Å². The molecule has 0 aromatic heterocycles. The van der Waals surface area contributed by atoms with Crippen LogP contribution in [0.5, 0.6) is 0 Å². The van der Waals surface area contributed by atoms with Crippen molar-refractivity contribution in [2.45, 2.75) is 38.8 Å². The summed E-state index contributed by atoms with van der Waals surface area (Å²) in [5, 5.41) is 27.8. The van der Waals surface area contributed by atoms with E-state index in [4.69, 9.17) is 9.84 Å². The van der Waals surface area contributed by atoms with E-state index in [1.54, 1.807) is 6.92 Å². The van der Waals surface area contributed by atoms with Gasteiger partial charge in [-0.25, -0.2) is 0 Å². The summed E-state index contributed by atoms with van der Waals surface area (Å²) in [6.45, 7) is 3.36. The highest BCUT2D eigenvalue weighted by Gasteiger charge is 2.50. The lowest BCUT2D eigenvalue weighted by atomic mass is 9.81. The van der Waals surface area contributed by atoms with Crippen molar-refractivity contribution >= 4 is 0 Å². The lowest BCUT2D eigenvalue weighted by Gasteiger charge is -2.27. The van der Waals surface area contributed by atoms with Gasteiger partial charge in [0.1, 0.15) is 6.10 Å². The highest BCUT2D eigenvalue weighted by Crippen LogP contribution is 2.39. The molecule has 0 unspecified atom stereocenters. The van der Waals surface area contributed by atoms with Gasteiger partial charge in [-0.1, -0.05) is 13.8 Å². The van der Waals surface area contributed by atoms with Crippen molar-refractivity contribution < 1.29 is 20.1 Å². The zero-order valence-corrected chi connectivity index (χ0v) is 7.40. The van der Waals surface area contributed by atoms with Crippen LogP contribution in [0.3, 0.4) is 0 Å². The Morgan fingerprint density at radius 1 is 1.42 bits per heavy atom. The SMILES string of the molecule is CC[C@]1(C)[C@H](O)O[C@H](CO)[C@H]1O. The van der Waals surface area contributed by atoms with Crippen molar-refractivity contribution in [1.29, 1.82) is 0 Å². The zero-order valence-electron chi connectivity index (χ0n) is 7.40. The van der Waals surface area contributed by atoms with Crippen molar-refractivity contribution in [3.05, 3.63) is 0 Å². The first-order chi connectivity index (χ1) is 5.56. The first-order valence-corrected chi connectivity index (χ1v) is 4.18. The molecule has 1 heterocycles. The molecule has 0 bridgehead atoms. The van der Waals surface area contributed by atoms with E-state index in [0.717, 1.165) is 0 Å². The molecular weight excluding hydrogens is 160 g/mol. The monoisotopic (exact) mass is 176 g/mol. The second-order valence-corrected chi connectivity index (χ2v) is 3.51. The Balaban J connectivity index is 2.76. The van der Waals surface area contributed by atoms with Crippen LogP contribution in [0.15, 0.2) is 0 Å². The minimum absolute atomic E-state index is 0.256. The molecule has 3 N–H and O–H groups in total. The van der Waals surface area contributed by atoms with E-state index in [-0.39, 0.29) is 6.61 Å². The molecule has 0 spiro atoms. The molecule has 4 atom stereocenters. The summed E-state index contributed by atoms with van der Waals surface area (Å²) >= 11 is 0. The molecule has 1 aliphatic heterocycles. The molecule has 4 nitrogen and oxygen atoms in total. The number of rotatable bonds is 2. The summed E-state index contributed by atoms with van der Waals surface area (Å²) in [5.74, 6) is 0. The number of aliphatic hydroxyl groups excluding tert-OH is 3. The summed E-state index contributed by atoms with van der Waals surface area (Å²) < 4.78 is 4.98. The van der Waals surface area contributed by atoms with Crippen molar-refractivity contribution in [3.63, 3.8) is 0 Å². The van der Waals surface area contributed by atoms with Crippen LogP contribution in [0.2, 0.25) is 0 Å². The standard InChI is InChI=1S/C8H16O4/c1-3-8(2)6(10)5(4-9)12-7(8)11/h5-7,9-11H,3-4H2,1-2H3/t5-,6-,7-,8+/m1/s1. The largest absolute Gasteiger partial charge is 0.394 e. The molecule has 0 amide bonds. The Hall–Kier alpha value is -0.160. The van der Waals surface area contributed by atoms with Crippen LogP contribution in [0.25, 0.3) is 0 Å². The van der Waals surface area contributed by atoms with Gasteiger partial charge in [0.05, 0.1) is 12.7 Å². The lowest BCUT2D eigenvalue weighted by Crippen LogP contribution is -2.38. The van der Waals surface area contributed by atoms with Crippen LogP contribution in [-0.2, 0) is 4.74 Å². The lowest BCUT2D eigenvalue weighted by molar-refractivity contribution is -0.138. The van der Waals surface area contributed by atoms with Crippen LogP contribution in [-0.4, -0.2) is 40.4 Å². The summed E-state index contributed by atoms with van der Waals surface area (Å²) in [6, 6.07) is 0. The summed E-state index contributed by atoms with van der Waals surface area (Å²) in [4.78, 5) is 0. The van der Waals surface area contributed by atoms with E-state index in [1.807, 2.05) is 6.92 Å². The number of hydrogen-bond donors (Lipinski definition) is 3. The Morgan fingerprint density at radius 2 is 2.00 bits per heavy atom. The molecule has 4 heteroatoms. The topological polar surface area (TPSA) is 69.9 Å². The van der Waals surface area contributed by atoms with Gasteiger partial charge in [-0.05, 0) is 6.42 Å². The zero-order chi connectivity index (χ0) is 9.35. The van der Waals surface area contributed by atoms with E-state index in [1.165, 1.54) is 0 Å². The third kappa shape index (κ3) is 1.25. The third-order valence-electron chi connectivity index (χ3n) is 2.84. The first kappa shape index (κ1) is 9.92. The molecule has 12 heavy (non-hydrogen) atoms. The van der Waals surface area contributed by atoms with Gasteiger partial charge in [0.25, 0.3) is 0 Å². The highest BCUT2D eigenvalue weighted by molar-refractivity contribution is 4.94. The Kier molecular flexibility index (Phi) is 2.73. The van der Waals surface area contributed by atoms with Gasteiger partial charge in [0.2, 0.25) is 0 Å². The Labute approximate surface area is 71.8 Å². The van der Waals surface area contributed by atoms with Crippen LogP contribution in [0.4, 0.5) is 0 Å². The van der Waals surface area contributed by atoms with Crippen LogP contribution in [0.1, 0.15) is 20.3 Å². The molecule has 0 radical (unpaired) electrons. The van der Waals surface area contributed by atoms with E-state index in [9.17, 15) is 10.2 Å². The highest BCUT2D eigenvalue weighted by atomic mass is 16.6. The molecule has 1 fully saturated rings. The van der Waals surface area contributed by atoms with Gasteiger partial charge in [-0.3, -0.25) is 0 Å². The fraction of sp³-hybridized carbons (Fsp3) is 1.00. The molecule has 1 aliphatic rings. The van der Waals surface area contributed by atoms with Crippen LogP contribution >= 0.6 is 0 Å². The summed E-state index contributed by atoms with van der Waals surface area (Å²) in [7, 11) is 0. The maximum Gasteiger partial charge on any atom is 0.163 e. The number of ether oxygens (including phenoxy) is 1. The minimum Gasteiger partial charge on any atom is -0.394 e. The van der Waals surface area contributed by atoms with E-state index in [0.29, 0.717) is 6.42 Å². The van der Waals surface area contributed by atoms with Crippen molar-refractivity contribution in [2.24, 2.45) is 5.41 Å². The molecule has 1 saturated heterocycles. The molecule has 1 rings (SSSR count). The predicted octanol–water partition coefficient (Wildman–Crippen LogP) is -0.527. The predicted molar refractivity (Wildman–Crippen MR) is 42.4 cm³/mol. The molecule has 72 valence electrons. The summed E-state index contributed by atoms with van der Waals surface area (Å²) in [5.41, 5.74) is -0.645. The van der Waals surface area contributed by atoms with Gasteiger partial charge in [-0.2, -0.15) is 0 Å². The summed E-state index contributed by atoms with van der Waals surface area (Å²) in [6.07, 6.45) is -1.80. The van der Waals surface area contributed by atoms with Crippen molar-refractivity contribution in [3.8, 4) is 0 Å². The second kappa shape index (κ2) is 3.30. The molecule has 0 aliphatic carbocycles. The minimum atomic E-state index is -0.977. The smallest absolute Gasteiger partial charge is 0.163 e. The Morgan fingerprint density at radius 3 is 2.25 bits per heavy atom. The van der Waals surface area contributed by atoms with E-state index in [2.05, 4.69) is 0 Å². The fourth-order valence-electron chi connectivity index (χ4n) is 1.49. The van der Waals surface area contributed by atoms with Crippen LogP contribution in [0, 0.1) is 5.41 Å². The fourth-order valence-corrected chi connectivity index (χ4v) is 1.49. The average molecular weight is 176 g/mol. The molecular formula is C8H16O4. The number of hydrogen-bond acceptors (Lipinski definition) is 4. The third-order valence-corrected chi connectivity index (χ3v) is 2.84. The van der Waals surface area contributed by atoms with Gasteiger partial charge in [0, 0.05) is 5.41 Å². The maximum absolute atomic E-state index is 9.63. The molecule has 0 saturated carbocycles. The number of aliphatic hydroxyl groups is 3. The van der Waals surface area contributed by atoms with Crippen molar-refractivity contribution in [1.82, 2.24) is 0 Å². The van der Waals surface area contributed by atoms with Gasteiger partial charge >= 0.3 is 0 Å². The Bertz CT molecular complexity index is 161. The first-order valence-electron chi connectivity index (χ1n) is 4.18.